The average molecular weight is 498 g/mol. The van der Waals surface area contributed by atoms with Crippen molar-refractivity contribution in [3.8, 4) is 11.5 Å². The van der Waals surface area contributed by atoms with Crippen LogP contribution in [0.2, 0.25) is 45.2 Å². The Labute approximate surface area is 176 Å². The molecule has 0 bridgehead atoms. The van der Waals surface area contributed by atoms with Gasteiger partial charge in [-0.25, -0.2) is 0 Å². The second-order valence-electron chi connectivity index (χ2n) is 3.74. The molecule has 23 heavy (non-hydrogen) atoms. The molecule has 2 nitrogen and oxygen atoms in total. The summed E-state index contributed by atoms with van der Waals surface area (Å²) in [5.41, 5.74) is 0. The fourth-order valence-corrected chi connectivity index (χ4v) is 3.08. The lowest BCUT2D eigenvalue weighted by Gasteiger charge is -2.06. The number of hydrogen-bond donors (Lipinski definition) is 2. The predicted molar refractivity (Wildman–Crippen MR) is 101 cm³/mol. The highest BCUT2D eigenvalue weighted by atomic mass is 35.5. The molecule has 0 amide bonds. The zero-order chi connectivity index (χ0) is 18.1. The van der Waals surface area contributed by atoms with Crippen molar-refractivity contribution in [3.05, 3.63) is 51.3 Å². The van der Waals surface area contributed by atoms with E-state index in [1.54, 1.807) is 0 Å². The number of rotatable bonds is 0. The molecule has 0 atom stereocenters. The van der Waals surface area contributed by atoms with Gasteiger partial charge in [-0.15, -0.1) is 0 Å². The number of aromatic hydroxyl groups is 2. The zero-order valence-corrected chi connectivity index (χ0v) is 17.2. The summed E-state index contributed by atoms with van der Waals surface area (Å²) in [6, 6.07) is 1.37. The topological polar surface area (TPSA) is 40.5 Å². The van der Waals surface area contributed by atoms with E-state index in [-0.39, 0.29) is 56.7 Å². The Morgan fingerprint density at radius 2 is 0.696 bits per heavy atom. The van der Waals surface area contributed by atoms with Crippen molar-refractivity contribution < 1.29 is 10.2 Å². The maximum atomic E-state index is 9.20. The second kappa shape index (κ2) is 8.84. The normalized spacial score (nSPS) is 10.3. The zero-order valence-electron chi connectivity index (χ0n) is 10.4. The maximum Gasteiger partial charge on any atom is 0.155 e. The van der Waals surface area contributed by atoms with Crippen molar-refractivity contribution in [1.82, 2.24) is 0 Å². The van der Waals surface area contributed by atoms with Gasteiger partial charge in [-0.1, -0.05) is 104 Å². The fraction of sp³-hybridized carbons (Fsp3) is 0. The SMILES string of the molecule is Oc1c(Cl)c(Cl)c(Cl)c(Cl)c1Cl.Oc1c(Cl)c(Cl)cc(Cl)c1Cl. The van der Waals surface area contributed by atoms with Gasteiger partial charge in [0.1, 0.15) is 20.1 Å². The summed E-state index contributed by atoms with van der Waals surface area (Å²) in [5.74, 6) is -0.649. The highest BCUT2D eigenvalue weighted by Gasteiger charge is 2.18. The third-order valence-corrected chi connectivity index (χ3v) is 6.09. The number of phenolic OH excluding ortho intramolecular Hbond substituents is 2. The average Bonchev–Trinajstić information content (AvgIpc) is 2.53. The quantitative estimate of drug-likeness (QED) is 0.282. The van der Waals surface area contributed by atoms with Gasteiger partial charge in [0.15, 0.2) is 11.5 Å². The van der Waals surface area contributed by atoms with Crippen LogP contribution in [-0.2, 0) is 0 Å². The molecule has 0 aliphatic carbocycles. The van der Waals surface area contributed by atoms with Crippen molar-refractivity contribution in [2.45, 2.75) is 0 Å². The van der Waals surface area contributed by atoms with Crippen molar-refractivity contribution in [2.24, 2.45) is 0 Å². The van der Waals surface area contributed by atoms with Gasteiger partial charge in [-0.2, -0.15) is 0 Å². The van der Waals surface area contributed by atoms with E-state index in [0.717, 1.165) is 0 Å². The molecule has 0 saturated heterocycles. The van der Waals surface area contributed by atoms with Crippen LogP contribution in [0.4, 0.5) is 0 Å². The van der Waals surface area contributed by atoms with Crippen LogP contribution in [0, 0.1) is 0 Å². The Hall–Kier alpha value is 0.650. The van der Waals surface area contributed by atoms with E-state index in [4.69, 9.17) is 110 Å². The number of phenols is 2. The fourth-order valence-electron chi connectivity index (χ4n) is 1.15. The van der Waals surface area contributed by atoms with Crippen LogP contribution in [0.25, 0.3) is 0 Å². The van der Waals surface area contributed by atoms with Gasteiger partial charge in [0.05, 0.1) is 25.1 Å². The van der Waals surface area contributed by atoms with Gasteiger partial charge in [0, 0.05) is 0 Å². The Bertz CT molecular complexity index is 630. The molecule has 0 fully saturated rings. The molecule has 126 valence electrons. The number of benzene rings is 2. The summed E-state index contributed by atoms with van der Waals surface area (Å²) in [5, 5.41) is 18.5. The van der Waals surface area contributed by atoms with Crippen LogP contribution in [-0.4, -0.2) is 10.2 Å². The highest BCUT2D eigenvalue weighted by molar-refractivity contribution is 6.55. The van der Waals surface area contributed by atoms with Gasteiger partial charge in [0.25, 0.3) is 0 Å². The Morgan fingerprint density at radius 1 is 0.435 bits per heavy atom. The van der Waals surface area contributed by atoms with E-state index in [9.17, 15) is 5.11 Å². The standard InChI is InChI=1S/C6HCl5O.C6H2Cl4O/c7-1-2(8)4(10)6(12)5(11)3(1)9;7-2-1-3(8)5(10)6(11)4(2)9/h12H;1,11H. The minimum atomic E-state index is -0.363. The summed E-state index contributed by atoms with van der Waals surface area (Å²) in [4.78, 5) is 0. The van der Waals surface area contributed by atoms with Gasteiger partial charge >= 0.3 is 0 Å². The molecule has 0 unspecified atom stereocenters. The van der Waals surface area contributed by atoms with Crippen molar-refractivity contribution >= 4 is 104 Å². The number of hydrogen-bond acceptors (Lipinski definition) is 2. The molecular formula is C12H3Cl9O2. The first kappa shape index (κ1) is 21.7. The van der Waals surface area contributed by atoms with Crippen molar-refractivity contribution in [1.29, 1.82) is 0 Å². The minimum absolute atomic E-state index is 0.00904. The molecule has 2 aromatic rings. The molecule has 0 heterocycles. The molecular weight excluding hydrogens is 495 g/mol. The Kier molecular flexibility index (Phi) is 8.34. The molecule has 2 rings (SSSR count). The Morgan fingerprint density at radius 3 is 1.04 bits per heavy atom. The van der Waals surface area contributed by atoms with E-state index in [2.05, 4.69) is 0 Å². The Balaban J connectivity index is 0.000000231. The lowest BCUT2D eigenvalue weighted by molar-refractivity contribution is 0.475. The van der Waals surface area contributed by atoms with E-state index in [1.165, 1.54) is 6.07 Å². The van der Waals surface area contributed by atoms with E-state index >= 15 is 0 Å². The van der Waals surface area contributed by atoms with Gasteiger partial charge in [-0.05, 0) is 6.07 Å². The summed E-state index contributed by atoms with van der Waals surface area (Å²) >= 11 is 50.1. The van der Waals surface area contributed by atoms with E-state index in [0.29, 0.717) is 0 Å². The summed E-state index contributed by atoms with van der Waals surface area (Å²) in [7, 11) is 0. The molecule has 0 spiro atoms. The second-order valence-corrected chi connectivity index (χ2v) is 7.20. The molecule has 11 heteroatoms. The van der Waals surface area contributed by atoms with E-state index in [1.807, 2.05) is 0 Å². The first-order valence-corrected chi connectivity index (χ1v) is 8.63. The third-order valence-electron chi connectivity index (χ3n) is 2.28. The number of halogens is 9. The van der Waals surface area contributed by atoms with Crippen molar-refractivity contribution in [3.63, 3.8) is 0 Å². The molecule has 0 aliphatic rings. The lowest BCUT2D eigenvalue weighted by Crippen LogP contribution is -1.78. The smallest absolute Gasteiger partial charge is 0.155 e. The van der Waals surface area contributed by atoms with E-state index < -0.39 is 0 Å². The molecule has 0 aromatic heterocycles. The van der Waals surface area contributed by atoms with Gasteiger partial charge < -0.3 is 10.2 Å². The summed E-state index contributed by atoms with van der Waals surface area (Å²) in [6.07, 6.45) is 0. The molecule has 0 saturated carbocycles. The molecule has 2 N–H and O–H groups in total. The third kappa shape index (κ3) is 4.84. The molecule has 0 aliphatic heterocycles. The van der Waals surface area contributed by atoms with Crippen LogP contribution >= 0.6 is 104 Å². The maximum absolute atomic E-state index is 9.20. The first-order valence-electron chi connectivity index (χ1n) is 5.23. The highest BCUT2D eigenvalue weighted by Crippen LogP contribution is 2.47. The summed E-state index contributed by atoms with van der Waals surface area (Å²) in [6.45, 7) is 0. The van der Waals surface area contributed by atoms with Crippen LogP contribution in [0.3, 0.4) is 0 Å². The predicted octanol–water partition coefficient (Wildman–Crippen LogP) is 8.67. The van der Waals surface area contributed by atoms with Crippen LogP contribution in [0.15, 0.2) is 6.07 Å². The van der Waals surface area contributed by atoms with Crippen molar-refractivity contribution in [2.75, 3.05) is 0 Å². The monoisotopic (exact) mass is 494 g/mol. The lowest BCUT2D eigenvalue weighted by atomic mass is 10.3. The largest absolute Gasteiger partial charge is 0.505 e. The molecule has 0 radical (unpaired) electrons. The molecule has 2 aromatic carbocycles. The van der Waals surface area contributed by atoms with Crippen LogP contribution in [0.5, 0.6) is 11.5 Å². The van der Waals surface area contributed by atoms with Crippen LogP contribution < -0.4 is 0 Å². The summed E-state index contributed by atoms with van der Waals surface area (Å²) < 4.78 is 0. The van der Waals surface area contributed by atoms with Crippen LogP contribution in [0.1, 0.15) is 0 Å². The first-order chi connectivity index (χ1) is 10.5. The van der Waals surface area contributed by atoms with Gasteiger partial charge in [0.2, 0.25) is 0 Å². The van der Waals surface area contributed by atoms with Gasteiger partial charge in [-0.3, -0.25) is 0 Å². The minimum Gasteiger partial charge on any atom is -0.505 e.